The molecule has 0 aliphatic carbocycles. The highest BCUT2D eigenvalue weighted by Crippen LogP contribution is 2.19. The van der Waals surface area contributed by atoms with E-state index in [-0.39, 0.29) is 0 Å². The molecule has 2 aromatic rings. The van der Waals surface area contributed by atoms with Crippen LogP contribution in [0.25, 0.3) is 0 Å². The van der Waals surface area contributed by atoms with Gasteiger partial charge in [-0.2, -0.15) is 0 Å². The minimum Gasteiger partial charge on any atom is -0.384 e. The zero-order chi connectivity index (χ0) is 13.0. The van der Waals surface area contributed by atoms with E-state index in [9.17, 15) is 0 Å². The Bertz CT molecular complexity index is 508. The Balaban J connectivity index is 1.97. The molecule has 94 valence electrons. The van der Waals surface area contributed by atoms with Gasteiger partial charge in [-0.05, 0) is 58.7 Å². The van der Waals surface area contributed by atoms with Gasteiger partial charge in [0.25, 0.3) is 0 Å². The lowest BCUT2D eigenvalue weighted by Gasteiger charge is -2.14. The minimum atomic E-state index is 0.519. The number of aryl methyl sites for hydroxylation is 1. The molecular formula is C16H18IN. The van der Waals surface area contributed by atoms with Crippen LogP contribution in [-0.4, -0.2) is 6.54 Å². The molecule has 0 spiro atoms. The highest BCUT2D eigenvalue weighted by molar-refractivity contribution is 14.1. The van der Waals surface area contributed by atoms with Crippen molar-refractivity contribution in [2.75, 3.05) is 11.9 Å². The number of benzene rings is 2. The van der Waals surface area contributed by atoms with E-state index in [0.29, 0.717) is 5.92 Å². The third-order valence-electron chi connectivity index (χ3n) is 3.15. The zero-order valence-corrected chi connectivity index (χ0v) is 12.9. The number of rotatable bonds is 4. The normalized spacial score (nSPS) is 12.2. The second-order valence-corrected chi connectivity index (χ2v) is 5.82. The molecule has 1 nitrogen and oxygen atoms in total. The first kappa shape index (κ1) is 13.4. The molecule has 2 aromatic carbocycles. The third kappa shape index (κ3) is 3.48. The van der Waals surface area contributed by atoms with Gasteiger partial charge in [-0.25, -0.2) is 0 Å². The fraction of sp³-hybridized carbons (Fsp3) is 0.250. The van der Waals surface area contributed by atoms with Crippen molar-refractivity contribution in [3.63, 3.8) is 0 Å². The Hall–Kier alpha value is -1.03. The van der Waals surface area contributed by atoms with E-state index in [1.807, 2.05) is 0 Å². The predicted octanol–water partition coefficient (Wildman–Crippen LogP) is 4.82. The van der Waals surface area contributed by atoms with Crippen LogP contribution in [0.5, 0.6) is 0 Å². The molecule has 2 rings (SSSR count). The lowest BCUT2D eigenvalue weighted by Crippen LogP contribution is -2.09. The van der Waals surface area contributed by atoms with Gasteiger partial charge in [-0.1, -0.05) is 43.3 Å². The van der Waals surface area contributed by atoms with Crippen molar-refractivity contribution in [3.8, 4) is 0 Å². The first-order valence-corrected chi connectivity index (χ1v) is 7.29. The summed E-state index contributed by atoms with van der Waals surface area (Å²) in [5.74, 6) is 0.519. The molecule has 2 heteroatoms. The maximum absolute atomic E-state index is 3.51. The number of anilines is 1. The Morgan fingerprint density at radius 1 is 1.11 bits per heavy atom. The van der Waals surface area contributed by atoms with E-state index < -0.39 is 0 Å². The largest absolute Gasteiger partial charge is 0.384 e. The molecule has 0 saturated carbocycles. The Labute approximate surface area is 123 Å². The molecule has 1 atom stereocenters. The monoisotopic (exact) mass is 351 g/mol. The van der Waals surface area contributed by atoms with Crippen molar-refractivity contribution in [1.82, 2.24) is 0 Å². The second kappa shape index (κ2) is 6.23. The first-order valence-electron chi connectivity index (χ1n) is 6.22. The molecule has 0 aromatic heterocycles. The molecule has 0 radical (unpaired) electrons. The van der Waals surface area contributed by atoms with E-state index in [4.69, 9.17) is 0 Å². The summed E-state index contributed by atoms with van der Waals surface area (Å²) in [5, 5.41) is 3.51. The maximum atomic E-state index is 3.51. The summed E-state index contributed by atoms with van der Waals surface area (Å²) in [5.41, 5.74) is 3.91. The summed E-state index contributed by atoms with van der Waals surface area (Å²) in [6.07, 6.45) is 0. The minimum absolute atomic E-state index is 0.519. The van der Waals surface area contributed by atoms with Crippen LogP contribution in [0.4, 0.5) is 5.69 Å². The van der Waals surface area contributed by atoms with Gasteiger partial charge in [0, 0.05) is 15.8 Å². The van der Waals surface area contributed by atoms with Crippen LogP contribution < -0.4 is 5.32 Å². The van der Waals surface area contributed by atoms with Crippen LogP contribution in [0.2, 0.25) is 0 Å². The molecule has 18 heavy (non-hydrogen) atoms. The number of hydrogen-bond acceptors (Lipinski definition) is 1. The van der Waals surface area contributed by atoms with Gasteiger partial charge in [0.15, 0.2) is 0 Å². The molecule has 0 aliphatic rings. The van der Waals surface area contributed by atoms with Crippen molar-refractivity contribution in [2.24, 2.45) is 0 Å². The molecule has 0 amide bonds. The Kier molecular flexibility index (Phi) is 4.64. The summed E-state index contributed by atoms with van der Waals surface area (Å²) in [7, 11) is 0. The third-order valence-corrected chi connectivity index (χ3v) is 4.32. The summed E-state index contributed by atoms with van der Waals surface area (Å²) < 4.78 is 1.31. The smallest absolute Gasteiger partial charge is 0.0351 e. The van der Waals surface area contributed by atoms with E-state index in [0.717, 1.165) is 6.54 Å². The molecule has 1 N–H and O–H groups in total. The summed E-state index contributed by atoms with van der Waals surface area (Å²) >= 11 is 2.38. The average molecular weight is 351 g/mol. The number of nitrogens with one attached hydrogen (secondary N) is 1. The molecule has 0 heterocycles. The molecule has 0 fully saturated rings. The van der Waals surface area contributed by atoms with Crippen molar-refractivity contribution in [3.05, 3.63) is 63.2 Å². The summed E-state index contributed by atoms with van der Waals surface area (Å²) in [6.45, 7) is 5.35. The van der Waals surface area contributed by atoms with Crippen LogP contribution in [0.1, 0.15) is 24.0 Å². The zero-order valence-electron chi connectivity index (χ0n) is 10.8. The second-order valence-electron chi connectivity index (χ2n) is 4.66. The number of halogens is 1. The molecule has 1 unspecified atom stereocenters. The molecule has 0 aliphatic heterocycles. The van der Waals surface area contributed by atoms with E-state index in [1.165, 1.54) is 20.4 Å². The van der Waals surface area contributed by atoms with Gasteiger partial charge in [-0.3, -0.25) is 0 Å². The Morgan fingerprint density at radius 3 is 2.50 bits per heavy atom. The van der Waals surface area contributed by atoms with Gasteiger partial charge < -0.3 is 5.32 Å². The van der Waals surface area contributed by atoms with Crippen molar-refractivity contribution in [2.45, 2.75) is 19.8 Å². The lowest BCUT2D eigenvalue weighted by atomic mass is 10.0. The Morgan fingerprint density at radius 2 is 1.83 bits per heavy atom. The summed E-state index contributed by atoms with van der Waals surface area (Å²) in [4.78, 5) is 0. The quantitative estimate of drug-likeness (QED) is 0.779. The molecule has 0 saturated heterocycles. The highest BCUT2D eigenvalue weighted by atomic mass is 127. The van der Waals surface area contributed by atoms with E-state index in [2.05, 4.69) is 90.3 Å². The first-order chi connectivity index (χ1) is 8.66. The summed E-state index contributed by atoms with van der Waals surface area (Å²) in [6, 6.07) is 17.1. The topological polar surface area (TPSA) is 12.0 Å². The van der Waals surface area contributed by atoms with Crippen molar-refractivity contribution >= 4 is 28.3 Å². The van der Waals surface area contributed by atoms with Gasteiger partial charge in [0.2, 0.25) is 0 Å². The SMILES string of the molecule is Cc1ccc(NCC(C)c2ccccc2)cc1I. The van der Waals surface area contributed by atoms with Crippen molar-refractivity contribution in [1.29, 1.82) is 0 Å². The van der Waals surface area contributed by atoms with Crippen molar-refractivity contribution < 1.29 is 0 Å². The number of hydrogen-bond donors (Lipinski definition) is 1. The highest BCUT2D eigenvalue weighted by Gasteiger charge is 2.04. The van der Waals surface area contributed by atoms with Gasteiger partial charge in [0.05, 0.1) is 0 Å². The average Bonchev–Trinajstić information content (AvgIpc) is 2.41. The van der Waals surface area contributed by atoms with Crippen LogP contribution in [-0.2, 0) is 0 Å². The van der Waals surface area contributed by atoms with Crippen LogP contribution >= 0.6 is 22.6 Å². The lowest BCUT2D eigenvalue weighted by molar-refractivity contribution is 0.805. The van der Waals surface area contributed by atoms with Crippen LogP contribution in [0, 0.1) is 10.5 Å². The van der Waals surface area contributed by atoms with E-state index in [1.54, 1.807) is 0 Å². The van der Waals surface area contributed by atoms with Gasteiger partial charge in [0.1, 0.15) is 0 Å². The van der Waals surface area contributed by atoms with Crippen LogP contribution in [0.3, 0.4) is 0 Å². The van der Waals surface area contributed by atoms with Gasteiger partial charge in [-0.15, -0.1) is 0 Å². The van der Waals surface area contributed by atoms with Crippen LogP contribution in [0.15, 0.2) is 48.5 Å². The fourth-order valence-corrected chi connectivity index (χ4v) is 2.39. The van der Waals surface area contributed by atoms with E-state index >= 15 is 0 Å². The molecular weight excluding hydrogens is 333 g/mol. The fourth-order valence-electron chi connectivity index (χ4n) is 1.87. The predicted molar refractivity (Wildman–Crippen MR) is 87.2 cm³/mol. The molecule has 0 bridgehead atoms. The maximum Gasteiger partial charge on any atom is 0.0351 e. The van der Waals surface area contributed by atoms with Gasteiger partial charge >= 0.3 is 0 Å². The standard InChI is InChI=1S/C16H18IN/c1-12-8-9-15(10-16(12)17)18-11-13(2)14-6-4-3-5-7-14/h3-10,13,18H,11H2,1-2H3.